The second kappa shape index (κ2) is 5.30. The van der Waals surface area contributed by atoms with Gasteiger partial charge in [0.2, 0.25) is 0 Å². The third-order valence-electron chi connectivity index (χ3n) is 4.20. The van der Waals surface area contributed by atoms with Gasteiger partial charge in [-0.25, -0.2) is 14.5 Å². The Morgan fingerprint density at radius 3 is 2.96 bits per heavy atom. The van der Waals surface area contributed by atoms with Crippen LogP contribution >= 0.6 is 0 Å². The molecule has 0 atom stereocenters. The molecule has 0 spiro atoms. The van der Waals surface area contributed by atoms with Crippen LogP contribution in [0.3, 0.4) is 0 Å². The highest BCUT2D eigenvalue weighted by molar-refractivity contribution is 5.89. The van der Waals surface area contributed by atoms with Crippen LogP contribution in [-0.4, -0.2) is 37.1 Å². The van der Waals surface area contributed by atoms with E-state index in [1.54, 1.807) is 13.3 Å². The zero-order valence-electron chi connectivity index (χ0n) is 13.8. The van der Waals surface area contributed by atoms with E-state index in [1.807, 2.05) is 35.2 Å². The van der Waals surface area contributed by atoms with Gasteiger partial charge in [-0.1, -0.05) is 16.8 Å². The van der Waals surface area contributed by atoms with Crippen molar-refractivity contribution in [1.29, 1.82) is 0 Å². The summed E-state index contributed by atoms with van der Waals surface area (Å²) in [6.45, 7) is 6.50. The Morgan fingerprint density at radius 1 is 1.33 bits per heavy atom. The second-order valence-electron chi connectivity index (χ2n) is 5.83. The van der Waals surface area contributed by atoms with Crippen molar-refractivity contribution in [2.75, 3.05) is 6.61 Å². The number of esters is 1. The largest absolute Gasteiger partial charge is 0.461 e. The summed E-state index contributed by atoms with van der Waals surface area (Å²) in [6, 6.07) is 6.19. The minimum absolute atomic E-state index is 0.314. The Morgan fingerprint density at radius 2 is 2.17 bits per heavy atom. The van der Waals surface area contributed by atoms with Gasteiger partial charge in [0.25, 0.3) is 0 Å². The van der Waals surface area contributed by atoms with Gasteiger partial charge in [0.15, 0.2) is 5.69 Å². The van der Waals surface area contributed by atoms with Gasteiger partial charge in [-0.15, -0.1) is 5.10 Å². The number of hydrogen-bond donors (Lipinski definition) is 0. The van der Waals surface area contributed by atoms with Gasteiger partial charge in [0.1, 0.15) is 6.33 Å². The van der Waals surface area contributed by atoms with Gasteiger partial charge in [-0.2, -0.15) is 0 Å². The number of rotatable bonds is 2. The molecule has 1 aromatic carbocycles. The average molecular weight is 323 g/mol. The van der Waals surface area contributed by atoms with E-state index in [-0.39, 0.29) is 0 Å². The standard InChI is InChI=1S/C17H17N5O2/c1-4-24-17(23)15-14-8-22-16(11(3)19-20-22)12-7-10(2)5-6-13(12)21(14)9-18-15/h5-7,9H,4,8H2,1-3H3. The molecule has 3 heterocycles. The molecule has 0 unspecified atom stereocenters. The molecule has 4 rings (SSSR count). The summed E-state index contributed by atoms with van der Waals surface area (Å²) < 4.78 is 8.89. The predicted molar refractivity (Wildman–Crippen MR) is 87.1 cm³/mol. The minimum Gasteiger partial charge on any atom is -0.461 e. The summed E-state index contributed by atoms with van der Waals surface area (Å²) in [4.78, 5) is 16.5. The van der Waals surface area contributed by atoms with Crippen molar-refractivity contribution in [3.8, 4) is 16.9 Å². The van der Waals surface area contributed by atoms with Crippen molar-refractivity contribution < 1.29 is 9.53 Å². The molecule has 0 saturated carbocycles. The number of ether oxygens (including phenoxy) is 1. The van der Waals surface area contributed by atoms with E-state index in [1.165, 1.54) is 0 Å². The maximum Gasteiger partial charge on any atom is 0.358 e. The second-order valence-corrected chi connectivity index (χ2v) is 5.83. The molecule has 7 nitrogen and oxygen atoms in total. The van der Waals surface area contributed by atoms with Crippen molar-refractivity contribution in [3.05, 3.63) is 47.2 Å². The Balaban J connectivity index is 2.00. The normalized spacial score (nSPS) is 12.1. The van der Waals surface area contributed by atoms with E-state index in [0.717, 1.165) is 33.9 Å². The average Bonchev–Trinajstić information content (AvgIpc) is 3.09. The Hall–Kier alpha value is -2.96. The van der Waals surface area contributed by atoms with Gasteiger partial charge >= 0.3 is 5.97 Å². The summed E-state index contributed by atoms with van der Waals surface area (Å²) in [7, 11) is 0. The van der Waals surface area contributed by atoms with Crippen LogP contribution in [0.2, 0.25) is 0 Å². The number of aromatic nitrogens is 5. The molecule has 122 valence electrons. The fourth-order valence-corrected chi connectivity index (χ4v) is 3.14. The molecule has 1 aliphatic heterocycles. The summed E-state index contributed by atoms with van der Waals surface area (Å²) in [5.41, 5.74) is 6.04. The maximum absolute atomic E-state index is 12.2. The number of carbonyl (C=O) groups excluding carboxylic acids is 1. The SMILES string of the molecule is CCOC(=O)c1ncn2c1Cn1nnc(C)c1-c1cc(C)ccc1-2. The van der Waals surface area contributed by atoms with Crippen LogP contribution in [0.15, 0.2) is 24.5 Å². The van der Waals surface area contributed by atoms with Crippen molar-refractivity contribution in [2.24, 2.45) is 0 Å². The van der Waals surface area contributed by atoms with Crippen LogP contribution in [0.4, 0.5) is 0 Å². The van der Waals surface area contributed by atoms with E-state index < -0.39 is 5.97 Å². The highest BCUT2D eigenvalue weighted by atomic mass is 16.5. The van der Waals surface area contributed by atoms with Gasteiger partial charge in [-0.3, -0.25) is 4.57 Å². The van der Waals surface area contributed by atoms with Crippen LogP contribution < -0.4 is 0 Å². The van der Waals surface area contributed by atoms with Crippen LogP contribution in [-0.2, 0) is 11.3 Å². The summed E-state index contributed by atoms with van der Waals surface area (Å²) in [6.07, 6.45) is 1.67. The zero-order valence-corrected chi connectivity index (χ0v) is 13.8. The zero-order chi connectivity index (χ0) is 16.8. The number of aryl methyl sites for hydroxylation is 2. The molecule has 0 N–H and O–H groups in total. The van der Waals surface area contributed by atoms with Gasteiger partial charge in [0.05, 0.1) is 35.9 Å². The van der Waals surface area contributed by atoms with Crippen LogP contribution in [0, 0.1) is 13.8 Å². The molecule has 0 bridgehead atoms. The van der Waals surface area contributed by atoms with Gasteiger partial charge in [-0.05, 0) is 32.9 Å². The van der Waals surface area contributed by atoms with Crippen molar-refractivity contribution in [1.82, 2.24) is 24.5 Å². The third-order valence-corrected chi connectivity index (χ3v) is 4.20. The number of hydrogen-bond acceptors (Lipinski definition) is 5. The highest BCUT2D eigenvalue weighted by Crippen LogP contribution is 2.34. The summed E-state index contributed by atoms with van der Waals surface area (Å²) in [5.74, 6) is -0.416. The highest BCUT2D eigenvalue weighted by Gasteiger charge is 2.27. The van der Waals surface area contributed by atoms with Crippen LogP contribution in [0.5, 0.6) is 0 Å². The number of carbonyl (C=O) groups is 1. The minimum atomic E-state index is -0.416. The number of benzene rings is 1. The molecule has 3 aromatic rings. The van der Waals surface area contributed by atoms with Crippen molar-refractivity contribution in [2.45, 2.75) is 27.3 Å². The fraction of sp³-hybridized carbons (Fsp3) is 0.294. The lowest BCUT2D eigenvalue weighted by atomic mass is 10.0. The smallest absolute Gasteiger partial charge is 0.358 e. The van der Waals surface area contributed by atoms with Gasteiger partial charge in [0, 0.05) is 5.56 Å². The molecule has 0 amide bonds. The van der Waals surface area contributed by atoms with E-state index in [9.17, 15) is 4.79 Å². The first-order valence-electron chi connectivity index (χ1n) is 7.85. The quantitative estimate of drug-likeness (QED) is 0.529. The molecule has 0 fully saturated rings. The van der Waals surface area contributed by atoms with Crippen molar-refractivity contribution in [3.63, 3.8) is 0 Å². The van der Waals surface area contributed by atoms with Crippen LogP contribution in [0.1, 0.15) is 34.4 Å². The summed E-state index contributed by atoms with van der Waals surface area (Å²) >= 11 is 0. The molecule has 24 heavy (non-hydrogen) atoms. The molecular formula is C17H17N5O2. The van der Waals surface area contributed by atoms with E-state index in [4.69, 9.17) is 4.74 Å². The number of fused-ring (bicyclic) bond motifs is 5. The van der Waals surface area contributed by atoms with Gasteiger partial charge < -0.3 is 4.74 Å². The lowest BCUT2D eigenvalue weighted by Crippen LogP contribution is -2.12. The lowest BCUT2D eigenvalue weighted by Gasteiger charge is -2.10. The fourth-order valence-electron chi connectivity index (χ4n) is 3.14. The molecule has 7 heteroatoms. The topological polar surface area (TPSA) is 74.8 Å². The van der Waals surface area contributed by atoms with E-state index in [0.29, 0.717) is 18.8 Å². The first-order valence-corrected chi connectivity index (χ1v) is 7.85. The predicted octanol–water partition coefficient (Wildman–Crippen LogP) is 2.29. The number of imidazole rings is 1. The van der Waals surface area contributed by atoms with E-state index in [2.05, 4.69) is 21.4 Å². The first kappa shape index (κ1) is 14.6. The lowest BCUT2D eigenvalue weighted by molar-refractivity contribution is 0.0518. The molecule has 2 aromatic heterocycles. The maximum atomic E-state index is 12.2. The molecule has 0 radical (unpaired) electrons. The molecule has 1 aliphatic rings. The molecule has 0 aliphatic carbocycles. The van der Waals surface area contributed by atoms with Crippen molar-refractivity contribution >= 4 is 5.97 Å². The Bertz CT molecular complexity index is 954. The number of nitrogens with zero attached hydrogens (tertiary/aromatic N) is 5. The molecular weight excluding hydrogens is 306 g/mol. The first-order chi connectivity index (χ1) is 11.6. The Kier molecular flexibility index (Phi) is 3.23. The van der Waals surface area contributed by atoms with Crippen LogP contribution in [0.25, 0.3) is 16.9 Å². The summed E-state index contributed by atoms with van der Waals surface area (Å²) in [5, 5.41) is 8.45. The Labute approximate surface area is 138 Å². The molecule has 0 saturated heterocycles. The monoisotopic (exact) mass is 323 g/mol. The third kappa shape index (κ3) is 2.05. The van der Waals surface area contributed by atoms with E-state index >= 15 is 0 Å².